The summed E-state index contributed by atoms with van der Waals surface area (Å²) in [5.41, 5.74) is -1.89. The summed E-state index contributed by atoms with van der Waals surface area (Å²) in [4.78, 5) is 19.8. The summed E-state index contributed by atoms with van der Waals surface area (Å²) in [6, 6.07) is 14.6. The van der Waals surface area contributed by atoms with Crippen LogP contribution in [0, 0.1) is 22.6 Å². The van der Waals surface area contributed by atoms with Gasteiger partial charge in [0.2, 0.25) is 0 Å². The number of aliphatic hydroxyl groups is 2. The standard InChI is InChI=1S/C29H27ClFN3O4/c1-27(2,37)20-11-23-25(24(31)12-20)29(19-4-6-21(30)7-5-19,38-17-28(16-35)9-10-28)34(26(23)36)15-22-8-3-18(13-32)14-33-22/h3-8,11-12,14,35,37H,9-10,15-17H2,1-2H3/t29-/m1/s1. The molecule has 2 aliphatic rings. The van der Waals surface area contributed by atoms with Crippen LogP contribution >= 0.6 is 11.6 Å². The third-order valence-corrected chi connectivity index (χ3v) is 7.63. The summed E-state index contributed by atoms with van der Waals surface area (Å²) < 4.78 is 22.7. The molecular weight excluding hydrogens is 509 g/mol. The highest BCUT2D eigenvalue weighted by Gasteiger charge is 2.56. The van der Waals surface area contributed by atoms with E-state index in [0.29, 0.717) is 21.8 Å². The van der Waals surface area contributed by atoms with E-state index in [2.05, 4.69) is 4.98 Å². The van der Waals surface area contributed by atoms with Crippen LogP contribution in [0.15, 0.2) is 54.7 Å². The molecule has 1 amide bonds. The van der Waals surface area contributed by atoms with E-state index in [0.717, 1.165) is 12.8 Å². The molecule has 0 bridgehead atoms. The first-order valence-corrected chi connectivity index (χ1v) is 12.7. The molecule has 2 heterocycles. The maximum absolute atomic E-state index is 16.1. The number of aromatic nitrogens is 1. The minimum absolute atomic E-state index is 0.0280. The third kappa shape index (κ3) is 4.46. The molecule has 1 aliphatic heterocycles. The molecule has 1 fully saturated rings. The molecule has 0 saturated heterocycles. The van der Waals surface area contributed by atoms with Crippen LogP contribution in [0.3, 0.4) is 0 Å². The van der Waals surface area contributed by atoms with Crippen LogP contribution in [0.25, 0.3) is 0 Å². The van der Waals surface area contributed by atoms with Gasteiger partial charge >= 0.3 is 0 Å². The number of aliphatic hydroxyl groups excluding tert-OH is 1. The number of halogens is 2. The Balaban J connectivity index is 1.73. The van der Waals surface area contributed by atoms with Crippen molar-refractivity contribution in [2.75, 3.05) is 13.2 Å². The molecule has 1 aliphatic carbocycles. The topological polar surface area (TPSA) is 107 Å². The number of pyridine rings is 1. The molecule has 9 heteroatoms. The van der Waals surface area contributed by atoms with E-state index in [1.54, 1.807) is 36.4 Å². The summed E-state index contributed by atoms with van der Waals surface area (Å²) in [5.74, 6) is -1.20. The number of benzene rings is 2. The zero-order valence-corrected chi connectivity index (χ0v) is 21.8. The van der Waals surface area contributed by atoms with Gasteiger partial charge in [-0.2, -0.15) is 5.26 Å². The molecule has 196 valence electrons. The summed E-state index contributed by atoms with van der Waals surface area (Å²) in [6.07, 6.45) is 2.91. The van der Waals surface area contributed by atoms with Crippen molar-refractivity contribution in [1.82, 2.24) is 9.88 Å². The van der Waals surface area contributed by atoms with Gasteiger partial charge in [0.05, 0.1) is 47.7 Å². The van der Waals surface area contributed by atoms with E-state index >= 15 is 4.39 Å². The molecule has 3 aromatic rings. The Bertz CT molecular complexity index is 1430. The van der Waals surface area contributed by atoms with Gasteiger partial charge in [0.25, 0.3) is 5.91 Å². The lowest BCUT2D eigenvalue weighted by atomic mass is 9.88. The second-order valence-electron chi connectivity index (χ2n) is 10.6. The predicted molar refractivity (Wildman–Crippen MR) is 137 cm³/mol. The van der Waals surface area contributed by atoms with E-state index in [4.69, 9.17) is 21.6 Å². The quantitative estimate of drug-likeness (QED) is 0.436. The minimum Gasteiger partial charge on any atom is -0.396 e. The zero-order chi connectivity index (χ0) is 27.3. The molecular formula is C29H27ClFN3O4. The SMILES string of the molecule is CC(C)(O)c1cc(F)c2c(c1)C(=O)N(Cc1ccc(C#N)cn1)[C@@]2(OCC1(CO)CC1)c1ccc(Cl)cc1. The number of carbonyl (C=O) groups excluding carboxylic acids is 1. The number of ether oxygens (including phenoxy) is 1. The summed E-state index contributed by atoms with van der Waals surface area (Å²) >= 11 is 6.18. The van der Waals surface area contributed by atoms with Gasteiger partial charge in [0.15, 0.2) is 5.72 Å². The van der Waals surface area contributed by atoms with Crippen molar-refractivity contribution >= 4 is 17.5 Å². The van der Waals surface area contributed by atoms with Crippen LogP contribution in [-0.2, 0) is 22.6 Å². The molecule has 0 unspecified atom stereocenters. The second-order valence-corrected chi connectivity index (χ2v) is 11.0. The van der Waals surface area contributed by atoms with E-state index in [1.165, 1.54) is 37.1 Å². The smallest absolute Gasteiger partial charge is 0.257 e. The molecule has 1 saturated carbocycles. The van der Waals surface area contributed by atoms with Gasteiger partial charge in [-0.15, -0.1) is 0 Å². The monoisotopic (exact) mass is 535 g/mol. The number of nitriles is 1. The van der Waals surface area contributed by atoms with Gasteiger partial charge < -0.3 is 14.9 Å². The molecule has 1 aromatic heterocycles. The molecule has 5 rings (SSSR count). The van der Waals surface area contributed by atoms with Gasteiger partial charge in [-0.1, -0.05) is 23.7 Å². The fraction of sp³-hybridized carbons (Fsp3) is 0.345. The maximum atomic E-state index is 16.1. The number of hydrogen-bond donors (Lipinski definition) is 2. The van der Waals surface area contributed by atoms with Gasteiger partial charge in [-0.3, -0.25) is 14.7 Å². The van der Waals surface area contributed by atoms with Crippen molar-refractivity contribution in [2.24, 2.45) is 5.41 Å². The fourth-order valence-electron chi connectivity index (χ4n) is 4.82. The largest absolute Gasteiger partial charge is 0.396 e. The third-order valence-electron chi connectivity index (χ3n) is 7.38. The second kappa shape index (κ2) is 9.44. The van der Waals surface area contributed by atoms with Crippen LogP contribution in [0.5, 0.6) is 0 Å². The van der Waals surface area contributed by atoms with Crippen LogP contribution < -0.4 is 0 Å². The van der Waals surface area contributed by atoms with Crippen molar-refractivity contribution in [3.63, 3.8) is 0 Å². The first kappa shape index (κ1) is 26.3. The summed E-state index contributed by atoms with van der Waals surface area (Å²) in [7, 11) is 0. The van der Waals surface area contributed by atoms with E-state index < -0.39 is 28.5 Å². The van der Waals surface area contributed by atoms with Crippen molar-refractivity contribution in [2.45, 2.75) is 44.6 Å². The number of rotatable bonds is 8. The molecule has 2 aromatic carbocycles. The Labute approximate surface area is 225 Å². The van der Waals surface area contributed by atoms with E-state index in [9.17, 15) is 15.0 Å². The molecule has 1 atom stereocenters. The Morgan fingerprint density at radius 3 is 2.47 bits per heavy atom. The Morgan fingerprint density at radius 2 is 1.92 bits per heavy atom. The number of nitrogens with zero attached hydrogens (tertiary/aromatic N) is 3. The predicted octanol–water partition coefficient (Wildman–Crippen LogP) is 4.62. The highest BCUT2D eigenvalue weighted by molar-refractivity contribution is 6.30. The van der Waals surface area contributed by atoms with Gasteiger partial charge in [-0.25, -0.2) is 4.39 Å². The van der Waals surface area contributed by atoms with Crippen LogP contribution in [-0.4, -0.2) is 39.2 Å². The molecule has 0 radical (unpaired) electrons. The zero-order valence-electron chi connectivity index (χ0n) is 21.0. The Kier molecular flexibility index (Phi) is 6.52. The highest BCUT2D eigenvalue weighted by atomic mass is 35.5. The number of hydrogen-bond acceptors (Lipinski definition) is 6. The van der Waals surface area contributed by atoms with Gasteiger partial charge in [0.1, 0.15) is 11.9 Å². The summed E-state index contributed by atoms with van der Waals surface area (Å²) in [5, 5.41) is 30.2. The average molecular weight is 536 g/mol. The van der Waals surface area contributed by atoms with Crippen LogP contribution in [0.1, 0.15) is 65.0 Å². The molecule has 7 nitrogen and oxygen atoms in total. The fourth-order valence-corrected chi connectivity index (χ4v) is 4.94. The van der Waals surface area contributed by atoms with Gasteiger partial charge in [0, 0.05) is 22.2 Å². The number of fused-ring (bicyclic) bond motifs is 1. The molecule has 0 spiro atoms. The van der Waals surface area contributed by atoms with Crippen molar-refractivity contribution in [3.8, 4) is 6.07 Å². The first-order chi connectivity index (χ1) is 18.0. The maximum Gasteiger partial charge on any atom is 0.257 e. The highest BCUT2D eigenvalue weighted by Crippen LogP contribution is 2.52. The first-order valence-electron chi connectivity index (χ1n) is 12.3. The number of carbonyl (C=O) groups is 1. The lowest BCUT2D eigenvalue weighted by Crippen LogP contribution is -2.48. The lowest BCUT2D eigenvalue weighted by Gasteiger charge is -2.40. The van der Waals surface area contributed by atoms with Gasteiger partial charge in [-0.05, 0) is 68.7 Å². The minimum atomic E-state index is -1.69. The molecule has 38 heavy (non-hydrogen) atoms. The van der Waals surface area contributed by atoms with Crippen molar-refractivity contribution in [1.29, 1.82) is 5.26 Å². The van der Waals surface area contributed by atoms with E-state index in [-0.39, 0.29) is 36.4 Å². The lowest BCUT2D eigenvalue weighted by molar-refractivity contribution is -0.130. The van der Waals surface area contributed by atoms with Crippen LogP contribution in [0.4, 0.5) is 4.39 Å². The molecule has 2 N–H and O–H groups in total. The normalized spacial score (nSPS) is 19.8. The Hall–Kier alpha value is -3.35. The van der Waals surface area contributed by atoms with Crippen molar-refractivity contribution < 1.29 is 24.1 Å². The Morgan fingerprint density at radius 1 is 1.21 bits per heavy atom. The van der Waals surface area contributed by atoms with Crippen LogP contribution in [0.2, 0.25) is 5.02 Å². The average Bonchev–Trinajstić information content (AvgIpc) is 3.64. The number of amides is 1. The van der Waals surface area contributed by atoms with E-state index in [1.807, 2.05) is 6.07 Å². The summed E-state index contributed by atoms with van der Waals surface area (Å²) in [6.45, 7) is 2.98. The van der Waals surface area contributed by atoms with Crippen molar-refractivity contribution in [3.05, 3.63) is 99.1 Å².